The van der Waals surface area contributed by atoms with Gasteiger partial charge >= 0.3 is 5.97 Å². The summed E-state index contributed by atoms with van der Waals surface area (Å²) in [5, 5.41) is 9.06. The maximum atomic E-state index is 11.1. The Bertz CT molecular complexity index is 448. The van der Waals surface area contributed by atoms with Crippen LogP contribution in [0.4, 0.5) is 11.4 Å². The number of carbonyl (C=O) groups is 1. The van der Waals surface area contributed by atoms with Crippen LogP contribution in [0, 0.1) is 0 Å². The van der Waals surface area contributed by atoms with Crippen LogP contribution in [-0.4, -0.2) is 36.9 Å². The Hall–Kier alpha value is -1.75. The molecule has 1 aliphatic rings. The van der Waals surface area contributed by atoms with E-state index in [9.17, 15) is 4.79 Å². The summed E-state index contributed by atoms with van der Waals surface area (Å²) in [6.07, 6.45) is 1.17. The second-order valence-corrected chi connectivity index (χ2v) is 4.42. The molecule has 1 heterocycles. The normalized spacial score (nSPS) is 19.8. The van der Waals surface area contributed by atoms with Gasteiger partial charge < -0.3 is 20.5 Å². The van der Waals surface area contributed by atoms with E-state index >= 15 is 0 Å². The van der Waals surface area contributed by atoms with E-state index in [0.717, 1.165) is 25.2 Å². The number of hydrogen-bond acceptors (Lipinski definition) is 4. The predicted octanol–water partition coefficient (Wildman–Crippen LogP) is 1.58. The highest BCUT2D eigenvalue weighted by atomic mass is 16.5. The molecule has 0 aromatic heterocycles. The van der Waals surface area contributed by atoms with Crippen molar-refractivity contribution in [3.05, 3.63) is 23.8 Å². The number of hydrogen-bond donors (Lipinski definition) is 2. The minimum Gasteiger partial charge on any atom is -0.478 e. The molecule has 0 aliphatic carbocycles. The molecule has 2 rings (SSSR count). The monoisotopic (exact) mass is 250 g/mol. The lowest BCUT2D eigenvalue weighted by Gasteiger charge is -2.34. The first-order valence-corrected chi connectivity index (χ1v) is 6.11. The molecular formula is C13H18N2O3. The van der Waals surface area contributed by atoms with Gasteiger partial charge in [-0.3, -0.25) is 0 Å². The Morgan fingerprint density at radius 3 is 3.06 bits per heavy atom. The first kappa shape index (κ1) is 12.7. The van der Waals surface area contributed by atoms with Crippen molar-refractivity contribution in [2.45, 2.75) is 19.4 Å². The summed E-state index contributed by atoms with van der Waals surface area (Å²) in [5.74, 6) is -0.991. The molecule has 1 saturated heterocycles. The van der Waals surface area contributed by atoms with E-state index in [-0.39, 0.29) is 11.7 Å². The Morgan fingerprint density at radius 1 is 1.61 bits per heavy atom. The van der Waals surface area contributed by atoms with Crippen LogP contribution >= 0.6 is 0 Å². The fraction of sp³-hybridized carbons (Fsp3) is 0.462. The van der Waals surface area contributed by atoms with Crippen molar-refractivity contribution >= 4 is 17.3 Å². The number of aromatic carboxylic acids is 1. The third-order valence-electron chi connectivity index (χ3n) is 3.23. The van der Waals surface area contributed by atoms with E-state index in [0.29, 0.717) is 12.3 Å². The van der Waals surface area contributed by atoms with Gasteiger partial charge in [0.15, 0.2) is 0 Å². The number of morpholine rings is 1. The third kappa shape index (κ3) is 2.56. The van der Waals surface area contributed by atoms with Crippen molar-refractivity contribution in [3.63, 3.8) is 0 Å². The van der Waals surface area contributed by atoms with E-state index in [1.807, 2.05) is 6.07 Å². The zero-order valence-electron chi connectivity index (χ0n) is 10.4. The largest absolute Gasteiger partial charge is 0.478 e. The average molecular weight is 250 g/mol. The molecule has 1 unspecified atom stereocenters. The highest BCUT2D eigenvalue weighted by Gasteiger charge is 2.20. The second-order valence-electron chi connectivity index (χ2n) is 4.42. The molecule has 98 valence electrons. The number of benzene rings is 1. The van der Waals surface area contributed by atoms with E-state index in [1.165, 1.54) is 0 Å². The number of nitrogens with zero attached hydrogens (tertiary/aromatic N) is 1. The minimum absolute atomic E-state index is 0.159. The number of nitrogen functional groups attached to an aromatic ring is 1. The lowest BCUT2D eigenvalue weighted by atomic mass is 10.1. The first-order chi connectivity index (χ1) is 8.61. The van der Waals surface area contributed by atoms with Crippen molar-refractivity contribution in [1.29, 1.82) is 0 Å². The molecule has 0 saturated carbocycles. The smallest absolute Gasteiger partial charge is 0.337 e. The van der Waals surface area contributed by atoms with Gasteiger partial charge in [-0.2, -0.15) is 0 Å². The predicted molar refractivity (Wildman–Crippen MR) is 70.1 cm³/mol. The maximum absolute atomic E-state index is 11.1. The standard InChI is InChI=1S/C13H18N2O3/c1-2-10-8-15(5-6-18-10)9-3-4-12(14)11(7-9)13(16)17/h3-4,7,10H,2,5-6,8,14H2,1H3,(H,16,17). The molecule has 1 atom stereocenters. The Kier molecular flexibility index (Phi) is 3.72. The summed E-state index contributed by atoms with van der Waals surface area (Å²) in [5.41, 5.74) is 7.00. The van der Waals surface area contributed by atoms with Gasteiger partial charge in [-0.25, -0.2) is 4.79 Å². The molecule has 1 aliphatic heterocycles. The van der Waals surface area contributed by atoms with Crippen LogP contribution in [0.1, 0.15) is 23.7 Å². The summed E-state index contributed by atoms with van der Waals surface area (Å²) in [6, 6.07) is 5.14. The topological polar surface area (TPSA) is 75.8 Å². The Morgan fingerprint density at radius 2 is 2.39 bits per heavy atom. The van der Waals surface area contributed by atoms with Gasteiger partial charge in [0.1, 0.15) is 0 Å². The van der Waals surface area contributed by atoms with Gasteiger partial charge in [0, 0.05) is 24.5 Å². The maximum Gasteiger partial charge on any atom is 0.337 e. The van der Waals surface area contributed by atoms with E-state index in [1.54, 1.807) is 12.1 Å². The Balaban J connectivity index is 2.22. The summed E-state index contributed by atoms with van der Waals surface area (Å²) >= 11 is 0. The van der Waals surface area contributed by atoms with Crippen molar-refractivity contribution in [2.75, 3.05) is 30.3 Å². The van der Waals surface area contributed by atoms with Gasteiger partial charge in [0.2, 0.25) is 0 Å². The van der Waals surface area contributed by atoms with Crippen LogP contribution in [0.15, 0.2) is 18.2 Å². The summed E-state index contributed by atoms with van der Waals surface area (Å²) in [4.78, 5) is 13.2. The molecule has 1 aromatic carbocycles. The van der Waals surface area contributed by atoms with Crippen LogP contribution in [0.3, 0.4) is 0 Å². The summed E-state index contributed by atoms with van der Waals surface area (Å²) < 4.78 is 5.60. The molecule has 3 N–H and O–H groups in total. The molecule has 1 aromatic rings. The zero-order valence-corrected chi connectivity index (χ0v) is 10.4. The SMILES string of the molecule is CCC1CN(c2ccc(N)c(C(=O)O)c2)CCO1. The van der Waals surface area contributed by atoms with Crippen molar-refractivity contribution in [1.82, 2.24) is 0 Å². The third-order valence-corrected chi connectivity index (χ3v) is 3.23. The molecule has 0 radical (unpaired) electrons. The van der Waals surface area contributed by atoms with Crippen molar-refractivity contribution in [2.24, 2.45) is 0 Å². The second kappa shape index (κ2) is 5.27. The molecule has 0 bridgehead atoms. The lowest BCUT2D eigenvalue weighted by molar-refractivity contribution is 0.0384. The summed E-state index contributed by atoms with van der Waals surface area (Å²) in [6.45, 7) is 4.32. The van der Waals surface area contributed by atoms with E-state index < -0.39 is 5.97 Å². The van der Waals surface area contributed by atoms with Gasteiger partial charge in [-0.05, 0) is 24.6 Å². The molecule has 0 amide bonds. The van der Waals surface area contributed by atoms with Crippen LogP contribution < -0.4 is 10.6 Å². The van der Waals surface area contributed by atoms with E-state index in [4.69, 9.17) is 15.6 Å². The molecule has 0 spiro atoms. The first-order valence-electron chi connectivity index (χ1n) is 6.11. The molecule has 5 heteroatoms. The highest BCUT2D eigenvalue weighted by molar-refractivity contribution is 5.94. The number of ether oxygens (including phenoxy) is 1. The number of rotatable bonds is 3. The van der Waals surface area contributed by atoms with E-state index in [2.05, 4.69) is 11.8 Å². The summed E-state index contributed by atoms with van der Waals surface area (Å²) in [7, 11) is 0. The average Bonchev–Trinajstić information content (AvgIpc) is 2.39. The molecule has 1 fully saturated rings. The van der Waals surface area contributed by atoms with Crippen LogP contribution in [0.25, 0.3) is 0 Å². The van der Waals surface area contributed by atoms with Crippen molar-refractivity contribution in [3.8, 4) is 0 Å². The van der Waals surface area contributed by atoms with Crippen LogP contribution in [0.2, 0.25) is 0 Å². The fourth-order valence-corrected chi connectivity index (χ4v) is 2.13. The quantitative estimate of drug-likeness (QED) is 0.797. The molecule has 18 heavy (non-hydrogen) atoms. The van der Waals surface area contributed by atoms with Crippen LogP contribution in [0.5, 0.6) is 0 Å². The van der Waals surface area contributed by atoms with Crippen molar-refractivity contribution < 1.29 is 14.6 Å². The number of carboxylic acids is 1. The van der Waals surface area contributed by atoms with Gasteiger partial charge in [-0.1, -0.05) is 6.92 Å². The lowest BCUT2D eigenvalue weighted by Crippen LogP contribution is -2.42. The minimum atomic E-state index is -0.991. The molecule has 5 nitrogen and oxygen atoms in total. The number of anilines is 2. The van der Waals surface area contributed by atoms with Gasteiger partial charge in [0.25, 0.3) is 0 Å². The highest BCUT2D eigenvalue weighted by Crippen LogP contribution is 2.23. The van der Waals surface area contributed by atoms with Gasteiger partial charge in [0.05, 0.1) is 18.3 Å². The number of carboxylic acid groups (broad SMARTS) is 1. The van der Waals surface area contributed by atoms with Gasteiger partial charge in [-0.15, -0.1) is 0 Å². The molecular weight excluding hydrogens is 232 g/mol. The Labute approximate surface area is 106 Å². The number of nitrogens with two attached hydrogens (primary N) is 1. The zero-order chi connectivity index (χ0) is 13.1. The fourth-order valence-electron chi connectivity index (χ4n) is 2.13. The van der Waals surface area contributed by atoms with Crippen LogP contribution in [-0.2, 0) is 4.74 Å².